The van der Waals surface area contributed by atoms with Gasteiger partial charge in [-0.3, -0.25) is 4.99 Å². The van der Waals surface area contributed by atoms with Crippen molar-refractivity contribution in [3.8, 4) is 0 Å². The van der Waals surface area contributed by atoms with Gasteiger partial charge in [0.2, 0.25) is 0 Å². The van der Waals surface area contributed by atoms with E-state index in [0.29, 0.717) is 11.3 Å². The normalized spacial score (nSPS) is 11.7. The molecule has 1 aromatic rings. The highest BCUT2D eigenvalue weighted by Gasteiger charge is 2.05. The molecule has 1 aromatic carbocycles. The highest BCUT2D eigenvalue weighted by atomic mass is 32.2. The smallest absolute Gasteiger partial charge is 0.126 e. The highest BCUT2D eigenvalue weighted by molar-refractivity contribution is 8.01. The van der Waals surface area contributed by atoms with E-state index in [-0.39, 0.29) is 5.92 Å². The Morgan fingerprint density at radius 2 is 1.89 bits per heavy atom. The summed E-state index contributed by atoms with van der Waals surface area (Å²) in [7, 11) is 0. The van der Waals surface area contributed by atoms with E-state index in [2.05, 4.69) is 18.3 Å². The third-order valence-electron chi connectivity index (χ3n) is 2.56. The summed E-state index contributed by atoms with van der Waals surface area (Å²) in [4.78, 5) is 3.92. The van der Waals surface area contributed by atoms with Crippen LogP contribution >= 0.6 is 11.8 Å². The van der Waals surface area contributed by atoms with E-state index in [1.165, 1.54) is 23.9 Å². The standard InChI is InChI=1S/C15H17F2NS/c1-10(2)11(3)15(18-4)9-19-8-12-5-13(16)7-14(17)6-12/h5-7,9-10H,3-4,8H2,1-2H3/b15-9-. The molecule has 0 atom stereocenters. The Morgan fingerprint density at radius 3 is 2.37 bits per heavy atom. The minimum absolute atomic E-state index is 0.281. The summed E-state index contributed by atoms with van der Waals surface area (Å²) < 4.78 is 26.0. The summed E-state index contributed by atoms with van der Waals surface area (Å²) in [6, 6.07) is 3.51. The summed E-state index contributed by atoms with van der Waals surface area (Å²) in [6.45, 7) is 11.5. The summed E-state index contributed by atoms with van der Waals surface area (Å²) in [5.74, 6) is -0.371. The van der Waals surface area contributed by atoms with Gasteiger partial charge in [-0.25, -0.2) is 8.78 Å². The SMILES string of the molecule is C=N/C(=C\SCc1cc(F)cc(F)c1)C(=C)C(C)C. The van der Waals surface area contributed by atoms with Crippen LogP contribution in [0.1, 0.15) is 19.4 Å². The van der Waals surface area contributed by atoms with Gasteiger partial charge in [-0.05, 0) is 41.3 Å². The number of thioether (sulfide) groups is 1. The Labute approximate surface area is 117 Å². The lowest BCUT2D eigenvalue weighted by Crippen LogP contribution is -1.94. The predicted molar refractivity (Wildman–Crippen MR) is 79.3 cm³/mol. The Morgan fingerprint density at radius 1 is 1.32 bits per heavy atom. The van der Waals surface area contributed by atoms with Crippen molar-refractivity contribution in [2.24, 2.45) is 10.9 Å². The lowest BCUT2D eigenvalue weighted by Gasteiger charge is -2.09. The number of hydrogen-bond acceptors (Lipinski definition) is 2. The second-order valence-corrected chi connectivity index (χ2v) is 5.29. The topological polar surface area (TPSA) is 12.4 Å². The maximum absolute atomic E-state index is 13.0. The van der Waals surface area contributed by atoms with Crippen LogP contribution in [0.3, 0.4) is 0 Å². The molecular weight excluding hydrogens is 264 g/mol. The average molecular weight is 281 g/mol. The van der Waals surface area contributed by atoms with Gasteiger partial charge in [0.15, 0.2) is 0 Å². The number of benzene rings is 1. The van der Waals surface area contributed by atoms with E-state index in [1.807, 2.05) is 19.3 Å². The maximum atomic E-state index is 13.0. The lowest BCUT2D eigenvalue weighted by atomic mass is 10.0. The summed E-state index contributed by atoms with van der Waals surface area (Å²) in [5.41, 5.74) is 2.21. The highest BCUT2D eigenvalue weighted by Crippen LogP contribution is 2.23. The lowest BCUT2D eigenvalue weighted by molar-refractivity contribution is 0.581. The van der Waals surface area contributed by atoms with Crippen LogP contribution in [0, 0.1) is 17.6 Å². The van der Waals surface area contributed by atoms with Gasteiger partial charge < -0.3 is 0 Å². The van der Waals surface area contributed by atoms with E-state index in [4.69, 9.17) is 0 Å². The molecule has 19 heavy (non-hydrogen) atoms. The van der Waals surface area contributed by atoms with Crippen molar-refractivity contribution in [3.05, 3.63) is 58.7 Å². The zero-order chi connectivity index (χ0) is 14.4. The fourth-order valence-electron chi connectivity index (χ4n) is 1.42. The monoisotopic (exact) mass is 281 g/mol. The molecule has 0 aliphatic heterocycles. The molecular formula is C15H17F2NS. The van der Waals surface area contributed by atoms with Crippen molar-refractivity contribution in [1.29, 1.82) is 0 Å². The molecule has 0 heterocycles. The molecule has 0 saturated heterocycles. The van der Waals surface area contributed by atoms with Crippen LogP contribution < -0.4 is 0 Å². The molecule has 0 aromatic heterocycles. The van der Waals surface area contributed by atoms with Crippen molar-refractivity contribution in [1.82, 2.24) is 0 Å². The van der Waals surface area contributed by atoms with Gasteiger partial charge in [-0.15, -0.1) is 11.8 Å². The van der Waals surface area contributed by atoms with Crippen molar-refractivity contribution in [2.75, 3.05) is 0 Å². The number of halogens is 2. The minimum atomic E-state index is -0.562. The second kappa shape index (κ2) is 7.24. The first-order chi connectivity index (χ1) is 8.93. The molecule has 0 spiro atoms. The molecule has 0 fully saturated rings. The molecule has 0 N–H and O–H groups in total. The first-order valence-electron chi connectivity index (χ1n) is 5.86. The van der Waals surface area contributed by atoms with Gasteiger partial charge >= 0.3 is 0 Å². The van der Waals surface area contributed by atoms with Crippen LogP contribution in [0.4, 0.5) is 8.78 Å². The van der Waals surface area contributed by atoms with Gasteiger partial charge in [0.1, 0.15) is 11.6 Å². The van der Waals surface area contributed by atoms with Crippen LogP contribution in [0.2, 0.25) is 0 Å². The summed E-state index contributed by atoms with van der Waals surface area (Å²) in [5, 5.41) is 1.82. The fraction of sp³-hybridized carbons (Fsp3) is 0.267. The number of allylic oxidation sites excluding steroid dienone is 1. The zero-order valence-corrected chi connectivity index (χ0v) is 11.9. The van der Waals surface area contributed by atoms with Gasteiger partial charge in [-0.1, -0.05) is 20.4 Å². The van der Waals surface area contributed by atoms with Crippen molar-refractivity contribution < 1.29 is 8.78 Å². The Balaban J connectivity index is 2.70. The number of nitrogens with zero attached hydrogens (tertiary/aromatic N) is 1. The molecule has 0 radical (unpaired) electrons. The van der Waals surface area contributed by atoms with E-state index in [9.17, 15) is 8.78 Å². The van der Waals surface area contributed by atoms with E-state index in [1.54, 1.807) is 0 Å². The molecule has 102 valence electrons. The van der Waals surface area contributed by atoms with Gasteiger partial charge in [-0.2, -0.15) is 0 Å². The Bertz CT molecular complexity index is 487. The quantitative estimate of drug-likeness (QED) is 0.530. The molecule has 0 aliphatic carbocycles. The summed E-state index contributed by atoms with van der Waals surface area (Å²) >= 11 is 1.41. The molecule has 0 amide bonds. The largest absolute Gasteiger partial charge is 0.264 e. The van der Waals surface area contributed by atoms with E-state index in [0.717, 1.165) is 17.3 Å². The molecule has 0 aliphatic rings. The van der Waals surface area contributed by atoms with E-state index >= 15 is 0 Å². The zero-order valence-electron chi connectivity index (χ0n) is 11.1. The Hall–Kier alpha value is -1.42. The fourth-order valence-corrected chi connectivity index (χ4v) is 2.25. The molecule has 1 rings (SSSR count). The maximum Gasteiger partial charge on any atom is 0.126 e. The molecule has 0 unspecified atom stereocenters. The van der Waals surface area contributed by atoms with Gasteiger partial charge in [0.05, 0.1) is 5.70 Å². The van der Waals surface area contributed by atoms with Crippen LogP contribution in [-0.4, -0.2) is 6.72 Å². The molecule has 0 bridgehead atoms. The number of hydrogen-bond donors (Lipinski definition) is 0. The van der Waals surface area contributed by atoms with Gasteiger partial charge in [0, 0.05) is 11.8 Å². The van der Waals surface area contributed by atoms with Crippen LogP contribution in [0.15, 0.2) is 46.4 Å². The van der Waals surface area contributed by atoms with Crippen LogP contribution in [0.5, 0.6) is 0 Å². The van der Waals surface area contributed by atoms with Crippen molar-refractivity contribution >= 4 is 18.5 Å². The Kier molecular flexibility index (Phi) is 5.96. The average Bonchev–Trinajstić information content (AvgIpc) is 2.32. The third-order valence-corrected chi connectivity index (χ3v) is 3.45. The molecule has 1 nitrogen and oxygen atoms in total. The van der Waals surface area contributed by atoms with Crippen LogP contribution in [-0.2, 0) is 5.75 Å². The first-order valence-corrected chi connectivity index (χ1v) is 6.91. The van der Waals surface area contributed by atoms with Crippen molar-refractivity contribution in [2.45, 2.75) is 19.6 Å². The van der Waals surface area contributed by atoms with Crippen LogP contribution in [0.25, 0.3) is 0 Å². The van der Waals surface area contributed by atoms with E-state index < -0.39 is 11.6 Å². The van der Waals surface area contributed by atoms with Gasteiger partial charge in [0.25, 0.3) is 0 Å². The number of rotatable bonds is 6. The molecule has 4 heteroatoms. The molecule has 0 saturated carbocycles. The summed E-state index contributed by atoms with van der Waals surface area (Å²) in [6.07, 6.45) is 0. The second-order valence-electron chi connectivity index (χ2n) is 4.43. The van der Waals surface area contributed by atoms with Crippen molar-refractivity contribution in [3.63, 3.8) is 0 Å². The predicted octanol–water partition coefficient (Wildman–Crippen LogP) is 4.95. The third kappa shape index (κ3) is 4.99. The first kappa shape index (κ1) is 15.6. The number of aliphatic imine (C=N–C) groups is 1. The minimum Gasteiger partial charge on any atom is -0.264 e.